The Balaban J connectivity index is 2.07. The Morgan fingerprint density at radius 1 is 1.12 bits per heavy atom. The van der Waals surface area contributed by atoms with Crippen molar-refractivity contribution in [1.29, 1.82) is 0 Å². The topological polar surface area (TPSA) is 12.0 Å². The molecule has 0 heterocycles. The van der Waals surface area contributed by atoms with E-state index in [0.29, 0.717) is 17.3 Å². The predicted molar refractivity (Wildman–Crippen MR) is 77.9 cm³/mol. The fourth-order valence-electron chi connectivity index (χ4n) is 1.43. The smallest absolute Gasteiger partial charge is 0.125 e. The first-order valence-electron chi connectivity index (χ1n) is 5.08. The Bertz CT molecular complexity index is 513. The first kappa shape index (κ1) is 12.6. The lowest BCUT2D eigenvalue weighted by Crippen LogP contribution is -2.00. The van der Waals surface area contributed by atoms with Crippen molar-refractivity contribution < 1.29 is 4.39 Å². The highest BCUT2D eigenvalue weighted by Gasteiger charge is 2.01. The minimum atomic E-state index is -0.292. The molecule has 0 radical (unpaired) electrons. The van der Waals surface area contributed by atoms with E-state index in [1.165, 1.54) is 15.7 Å². The molecule has 17 heavy (non-hydrogen) atoms. The number of benzene rings is 2. The van der Waals surface area contributed by atoms with Crippen molar-refractivity contribution in [2.75, 3.05) is 5.32 Å². The third kappa shape index (κ3) is 3.57. The second-order valence-corrected chi connectivity index (χ2v) is 5.26. The lowest BCUT2D eigenvalue weighted by atomic mass is 10.2. The Hall–Kier alpha value is -0.810. The van der Waals surface area contributed by atoms with E-state index >= 15 is 0 Å². The van der Waals surface area contributed by atoms with Crippen molar-refractivity contribution in [2.24, 2.45) is 0 Å². The fourth-order valence-corrected chi connectivity index (χ4v) is 1.98. The molecule has 2 aromatic rings. The van der Waals surface area contributed by atoms with Gasteiger partial charge in [-0.05, 0) is 58.5 Å². The van der Waals surface area contributed by atoms with Crippen LogP contribution in [0.5, 0.6) is 0 Å². The standard InChI is InChI=1S/C13H10ClFIN/c14-12-6-3-10(15)7-13(12)17-8-9-1-4-11(16)5-2-9/h1-7,17H,8H2. The summed E-state index contributed by atoms with van der Waals surface area (Å²) in [6.07, 6.45) is 0. The van der Waals surface area contributed by atoms with E-state index in [0.717, 1.165) is 5.56 Å². The van der Waals surface area contributed by atoms with Gasteiger partial charge in [-0.25, -0.2) is 4.39 Å². The maximum atomic E-state index is 13.0. The van der Waals surface area contributed by atoms with Crippen molar-refractivity contribution in [3.05, 3.63) is 62.4 Å². The second-order valence-electron chi connectivity index (χ2n) is 3.60. The van der Waals surface area contributed by atoms with E-state index in [1.807, 2.05) is 24.3 Å². The van der Waals surface area contributed by atoms with Crippen molar-refractivity contribution in [3.8, 4) is 0 Å². The van der Waals surface area contributed by atoms with Crippen molar-refractivity contribution >= 4 is 39.9 Å². The molecule has 0 atom stereocenters. The van der Waals surface area contributed by atoms with Crippen LogP contribution in [0.3, 0.4) is 0 Å². The average molecular weight is 362 g/mol. The molecule has 1 N–H and O–H groups in total. The van der Waals surface area contributed by atoms with Crippen LogP contribution >= 0.6 is 34.2 Å². The summed E-state index contributed by atoms with van der Waals surface area (Å²) in [7, 11) is 0. The summed E-state index contributed by atoms with van der Waals surface area (Å²) >= 11 is 8.21. The van der Waals surface area contributed by atoms with Gasteiger partial charge >= 0.3 is 0 Å². The van der Waals surface area contributed by atoms with Crippen LogP contribution in [-0.4, -0.2) is 0 Å². The highest BCUT2D eigenvalue weighted by atomic mass is 127. The normalized spacial score (nSPS) is 10.3. The monoisotopic (exact) mass is 361 g/mol. The zero-order chi connectivity index (χ0) is 12.3. The molecule has 0 unspecified atom stereocenters. The number of nitrogens with one attached hydrogen (secondary N) is 1. The predicted octanol–water partition coefficient (Wildman–Crippen LogP) is 4.70. The van der Waals surface area contributed by atoms with Crippen molar-refractivity contribution in [2.45, 2.75) is 6.54 Å². The van der Waals surface area contributed by atoms with E-state index in [2.05, 4.69) is 27.9 Å². The van der Waals surface area contributed by atoms with E-state index in [-0.39, 0.29) is 5.82 Å². The van der Waals surface area contributed by atoms with Gasteiger partial charge in [0.1, 0.15) is 5.82 Å². The molecular weight excluding hydrogens is 352 g/mol. The third-order valence-corrected chi connectivity index (χ3v) is 3.37. The van der Waals surface area contributed by atoms with Crippen molar-refractivity contribution in [1.82, 2.24) is 0 Å². The largest absolute Gasteiger partial charge is 0.380 e. The van der Waals surface area contributed by atoms with Gasteiger partial charge in [0.25, 0.3) is 0 Å². The summed E-state index contributed by atoms with van der Waals surface area (Å²) in [5, 5.41) is 3.64. The highest BCUT2D eigenvalue weighted by Crippen LogP contribution is 2.23. The molecule has 4 heteroatoms. The molecule has 0 saturated heterocycles. The van der Waals surface area contributed by atoms with Crippen LogP contribution in [-0.2, 0) is 6.54 Å². The molecule has 88 valence electrons. The molecule has 0 spiro atoms. The SMILES string of the molecule is Fc1ccc(Cl)c(NCc2ccc(I)cc2)c1. The number of anilines is 1. The molecule has 0 aliphatic carbocycles. The van der Waals surface area contributed by atoms with Gasteiger partial charge in [-0.2, -0.15) is 0 Å². The van der Waals surface area contributed by atoms with Crippen molar-refractivity contribution in [3.63, 3.8) is 0 Å². The minimum Gasteiger partial charge on any atom is -0.380 e. The van der Waals surface area contributed by atoms with Crippen LogP contribution < -0.4 is 5.32 Å². The van der Waals surface area contributed by atoms with Gasteiger partial charge in [-0.1, -0.05) is 23.7 Å². The van der Waals surface area contributed by atoms with Crippen LogP contribution in [0.4, 0.5) is 10.1 Å². The van der Waals surface area contributed by atoms with Crippen LogP contribution in [0.2, 0.25) is 5.02 Å². The molecule has 1 nitrogen and oxygen atoms in total. The summed E-state index contributed by atoms with van der Waals surface area (Å²) in [5.41, 5.74) is 1.75. The average Bonchev–Trinajstić information content (AvgIpc) is 2.32. The third-order valence-electron chi connectivity index (χ3n) is 2.32. The van der Waals surface area contributed by atoms with E-state index in [9.17, 15) is 4.39 Å². The van der Waals surface area contributed by atoms with E-state index in [1.54, 1.807) is 6.07 Å². The number of rotatable bonds is 3. The number of hydrogen-bond donors (Lipinski definition) is 1. The summed E-state index contributed by atoms with van der Waals surface area (Å²) in [4.78, 5) is 0. The van der Waals surface area contributed by atoms with E-state index < -0.39 is 0 Å². The maximum Gasteiger partial charge on any atom is 0.125 e. The molecule has 0 aliphatic heterocycles. The molecular formula is C13H10ClFIN. The van der Waals surface area contributed by atoms with Crippen LogP contribution in [0.1, 0.15) is 5.56 Å². The lowest BCUT2D eigenvalue weighted by molar-refractivity contribution is 0.628. The van der Waals surface area contributed by atoms with Gasteiger partial charge < -0.3 is 5.32 Å². The summed E-state index contributed by atoms with van der Waals surface area (Å²) < 4.78 is 14.2. The molecule has 0 aromatic heterocycles. The summed E-state index contributed by atoms with van der Waals surface area (Å²) in [6, 6.07) is 12.4. The molecule has 0 aliphatic rings. The summed E-state index contributed by atoms with van der Waals surface area (Å²) in [5.74, 6) is -0.292. The van der Waals surface area contributed by atoms with E-state index in [4.69, 9.17) is 11.6 Å². The Kier molecular flexibility index (Phi) is 4.23. The zero-order valence-corrected chi connectivity index (χ0v) is 11.8. The first-order valence-corrected chi connectivity index (χ1v) is 6.54. The van der Waals surface area contributed by atoms with Gasteiger partial charge in [0, 0.05) is 10.1 Å². The minimum absolute atomic E-state index is 0.292. The summed E-state index contributed by atoms with van der Waals surface area (Å²) in [6.45, 7) is 0.625. The number of halogens is 3. The number of hydrogen-bond acceptors (Lipinski definition) is 1. The highest BCUT2D eigenvalue weighted by molar-refractivity contribution is 14.1. The van der Waals surface area contributed by atoms with Gasteiger partial charge in [-0.15, -0.1) is 0 Å². The van der Waals surface area contributed by atoms with Gasteiger partial charge in [0.15, 0.2) is 0 Å². The zero-order valence-electron chi connectivity index (χ0n) is 8.88. The Morgan fingerprint density at radius 3 is 2.53 bits per heavy atom. The lowest BCUT2D eigenvalue weighted by Gasteiger charge is -2.08. The molecule has 0 saturated carbocycles. The van der Waals surface area contributed by atoms with Crippen LogP contribution in [0.25, 0.3) is 0 Å². The molecule has 0 fully saturated rings. The first-order chi connectivity index (χ1) is 8.15. The van der Waals surface area contributed by atoms with Gasteiger partial charge in [0.05, 0.1) is 10.7 Å². The van der Waals surface area contributed by atoms with Crippen LogP contribution in [0.15, 0.2) is 42.5 Å². The molecule has 0 bridgehead atoms. The molecule has 0 amide bonds. The molecule has 2 rings (SSSR count). The van der Waals surface area contributed by atoms with Gasteiger partial charge in [-0.3, -0.25) is 0 Å². The quantitative estimate of drug-likeness (QED) is 0.782. The molecule has 2 aromatic carbocycles. The Labute approximate surface area is 118 Å². The van der Waals surface area contributed by atoms with Crippen LogP contribution in [0, 0.1) is 9.39 Å². The van der Waals surface area contributed by atoms with Gasteiger partial charge in [0.2, 0.25) is 0 Å². The second kappa shape index (κ2) is 5.69. The maximum absolute atomic E-state index is 13.0. The fraction of sp³-hybridized carbons (Fsp3) is 0.0769. The Morgan fingerprint density at radius 2 is 1.82 bits per heavy atom.